The number of nitrogens with zero attached hydrogens (tertiary/aromatic N) is 1. The highest BCUT2D eigenvalue weighted by Crippen LogP contribution is 2.37. The highest BCUT2D eigenvalue weighted by Gasteiger charge is 2.40. The van der Waals surface area contributed by atoms with E-state index in [4.69, 9.17) is 0 Å². The van der Waals surface area contributed by atoms with Crippen LogP contribution in [0.4, 0.5) is 0 Å². The molecule has 1 fully saturated rings. The van der Waals surface area contributed by atoms with Crippen LogP contribution >= 0.6 is 0 Å². The zero-order valence-corrected chi connectivity index (χ0v) is 15.2. The average Bonchev–Trinajstić information content (AvgIpc) is 2.72. The number of hydrogen-bond acceptors (Lipinski definition) is 3. The second kappa shape index (κ2) is 7.04. The first-order chi connectivity index (χ1) is 10.7. The van der Waals surface area contributed by atoms with E-state index in [1.165, 1.54) is 5.56 Å². The Labute approximate surface area is 139 Å². The van der Waals surface area contributed by atoms with Gasteiger partial charge in [-0.05, 0) is 31.7 Å². The van der Waals surface area contributed by atoms with Gasteiger partial charge < -0.3 is 4.90 Å². The standard InChI is InChI=1S/C18H27NO3S/c1-13(2)11-23(21,22)12-18(20)19-14(3)10-17(15(19)4)16-8-6-5-7-9-16/h5-9,13-15,17H,10-12H2,1-4H3/t14-,15+,17-/m1/s1. The Morgan fingerprint density at radius 2 is 1.83 bits per heavy atom. The SMILES string of the molecule is CC(C)CS(=O)(=O)CC(=O)N1[C@H](C)C[C@@H](c2ccccc2)[C@@H]1C. The molecule has 2 rings (SSSR count). The summed E-state index contributed by atoms with van der Waals surface area (Å²) in [6.45, 7) is 7.74. The predicted octanol–water partition coefficient (Wildman–Crippen LogP) is 2.85. The minimum atomic E-state index is -3.34. The van der Waals surface area contributed by atoms with Crippen LogP contribution < -0.4 is 0 Å². The molecule has 0 bridgehead atoms. The summed E-state index contributed by atoms with van der Waals surface area (Å²) in [5, 5.41) is 0. The molecule has 1 amide bonds. The average molecular weight is 337 g/mol. The Hall–Kier alpha value is -1.36. The van der Waals surface area contributed by atoms with E-state index >= 15 is 0 Å². The van der Waals surface area contributed by atoms with Gasteiger partial charge in [-0.15, -0.1) is 0 Å². The number of benzene rings is 1. The lowest BCUT2D eigenvalue weighted by Gasteiger charge is -2.28. The molecule has 0 saturated carbocycles. The van der Waals surface area contributed by atoms with E-state index in [0.29, 0.717) is 0 Å². The summed E-state index contributed by atoms with van der Waals surface area (Å²) in [7, 11) is -3.34. The van der Waals surface area contributed by atoms with E-state index in [-0.39, 0.29) is 41.3 Å². The molecule has 0 N–H and O–H groups in total. The molecule has 1 saturated heterocycles. The normalized spacial score (nSPS) is 25.1. The molecule has 1 aliphatic heterocycles. The quantitative estimate of drug-likeness (QED) is 0.830. The van der Waals surface area contributed by atoms with Gasteiger partial charge in [-0.1, -0.05) is 44.2 Å². The number of hydrogen-bond donors (Lipinski definition) is 0. The van der Waals surface area contributed by atoms with E-state index in [1.54, 1.807) is 4.90 Å². The van der Waals surface area contributed by atoms with Gasteiger partial charge in [-0.25, -0.2) is 8.42 Å². The van der Waals surface area contributed by atoms with Gasteiger partial charge in [-0.2, -0.15) is 0 Å². The van der Waals surface area contributed by atoms with E-state index in [2.05, 4.69) is 12.1 Å². The molecule has 5 heteroatoms. The zero-order valence-electron chi connectivity index (χ0n) is 14.4. The van der Waals surface area contributed by atoms with Crippen LogP contribution in [0.3, 0.4) is 0 Å². The van der Waals surface area contributed by atoms with Crippen molar-refractivity contribution in [2.24, 2.45) is 5.92 Å². The molecule has 0 aromatic heterocycles. The predicted molar refractivity (Wildman–Crippen MR) is 93.1 cm³/mol. The van der Waals surface area contributed by atoms with E-state index < -0.39 is 9.84 Å². The van der Waals surface area contributed by atoms with Gasteiger partial charge in [-0.3, -0.25) is 4.79 Å². The molecule has 1 aromatic carbocycles. The van der Waals surface area contributed by atoms with Gasteiger partial charge in [0, 0.05) is 18.0 Å². The number of likely N-dealkylation sites (tertiary alicyclic amines) is 1. The third-order valence-electron chi connectivity index (χ3n) is 4.54. The third-order valence-corrected chi connectivity index (χ3v) is 6.40. The molecule has 0 unspecified atom stereocenters. The van der Waals surface area contributed by atoms with Crippen LogP contribution in [0, 0.1) is 5.92 Å². The molecule has 1 aliphatic rings. The van der Waals surface area contributed by atoms with Crippen molar-refractivity contribution in [1.82, 2.24) is 4.90 Å². The molecule has 4 nitrogen and oxygen atoms in total. The summed E-state index contributed by atoms with van der Waals surface area (Å²) < 4.78 is 24.3. The second-order valence-corrected chi connectivity index (χ2v) is 9.20. The van der Waals surface area contributed by atoms with E-state index in [0.717, 1.165) is 6.42 Å². The first kappa shape index (κ1) is 18.0. The summed E-state index contributed by atoms with van der Waals surface area (Å²) in [6, 6.07) is 10.2. The summed E-state index contributed by atoms with van der Waals surface area (Å²) >= 11 is 0. The van der Waals surface area contributed by atoms with Crippen molar-refractivity contribution in [3.63, 3.8) is 0 Å². The second-order valence-electron chi connectivity index (χ2n) is 7.09. The molecule has 0 aliphatic carbocycles. The Bertz CT molecular complexity index is 639. The van der Waals surface area contributed by atoms with Crippen molar-refractivity contribution in [2.75, 3.05) is 11.5 Å². The number of sulfone groups is 1. The van der Waals surface area contributed by atoms with Crippen molar-refractivity contribution in [3.8, 4) is 0 Å². The maximum Gasteiger partial charge on any atom is 0.238 e. The van der Waals surface area contributed by atoms with Gasteiger partial charge >= 0.3 is 0 Å². The summed E-state index contributed by atoms with van der Waals surface area (Å²) in [6.07, 6.45) is 0.876. The Kier molecular flexibility index (Phi) is 5.50. The van der Waals surface area contributed by atoms with Crippen LogP contribution in [0.25, 0.3) is 0 Å². The number of amides is 1. The molecule has 23 heavy (non-hydrogen) atoms. The fraction of sp³-hybridized carbons (Fsp3) is 0.611. The molecule has 1 heterocycles. The van der Waals surface area contributed by atoms with Crippen molar-refractivity contribution in [1.29, 1.82) is 0 Å². The third kappa shape index (κ3) is 4.34. The first-order valence-electron chi connectivity index (χ1n) is 8.28. The zero-order chi connectivity index (χ0) is 17.2. The molecular weight excluding hydrogens is 310 g/mol. The van der Waals surface area contributed by atoms with Crippen molar-refractivity contribution in [3.05, 3.63) is 35.9 Å². The largest absolute Gasteiger partial charge is 0.336 e. The van der Waals surface area contributed by atoms with Crippen LogP contribution in [0.5, 0.6) is 0 Å². The van der Waals surface area contributed by atoms with Gasteiger partial charge in [0.25, 0.3) is 0 Å². The van der Waals surface area contributed by atoms with Crippen LogP contribution in [-0.2, 0) is 14.6 Å². The molecule has 1 aromatic rings. The maximum absolute atomic E-state index is 12.6. The van der Waals surface area contributed by atoms with Crippen molar-refractivity contribution in [2.45, 2.75) is 52.1 Å². The molecule has 0 radical (unpaired) electrons. The summed E-state index contributed by atoms with van der Waals surface area (Å²) in [4.78, 5) is 14.4. The molecule has 3 atom stereocenters. The first-order valence-corrected chi connectivity index (χ1v) is 10.1. The minimum Gasteiger partial charge on any atom is -0.336 e. The highest BCUT2D eigenvalue weighted by molar-refractivity contribution is 7.92. The van der Waals surface area contributed by atoms with Gasteiger partial charge in [0.2, 0.25) is 5.91 Å². The lowest BCUT2D eigenvalue weighted by molar-refractivity contribution is -0.130. The summed E-state index contributed by atoms with van der Waals surface area (Å²) in [5.41, 5.74) is 1.21. The van der Waals surface area contributed by atoms with Crippen LogP contribution in [-0.4, -0.2) is 42.8 Å². The van der Waals surface area contributed by atoms with Gasteiger partial charge in [0.05, 0.1) is 5.75 Å². The number of carbonyl (C=O) groups excluding carboxylic acids is 1. The number of rotatable bonds is 5. The fourth-order valence-electron chi connectivity index (χ4n) is 3.69. The van der Waals surface area contributed by atoms with Crippen LogP contribution in [0.2, 0.25) is 0 Å². The number of carbonyl (C=O) groups is 1. The highest BCUT2D eigenvalue weighted by atomic mass is 32.2. The monoisotopic (exact) mass is 337 g/mol. The lowest BCUT2D eigenvalue weighted by Crippen LogP contribution is -2.43. The molecular formula is C18H27NO3S. The van der Waals surface area contributed by atoms with Crippen LogP contribution in [0.1, 0.15) is 45.6 Å². The smallest absolute Gasteiger partial charge is 0.238 e. The molecule has 0 spiro atoms. The Balaban J connectivity index is 2.12. The van der Waals surface area contributed by atoms with E-state index in [9.17, 15) is 13.2 Å². The van der Waals surface area contributed by atoms with Gasteiger partial charge in [0.15, 0.2) is 9.84 Å². The maximum atomic E-state index is 12.6. The van der Waals surface area contributed by atoms with Gasteiger partial charge in [0.1, 0.15) is 5.75 Å². The minimum absolute atomic E-state index is 0.0224. The lowest BCUT2D eigenvalue weighted by atomic mass is 9.92. The van der Waals surface area contributed by atoms with E-state index in [1.807, 2.05) is 45.9 Å². The van der Waals surface area contributed by atoms with Crippen LogP contribution in [0.15, 0.2) is 30.3 Å². The molecule has 128 valence electrons. The van der Waals surface area contributed by atoms with Crippen molar-refractivity contribution < 1.29 is 13.2 Å². The fourth-order valence-corrected chi connectivity index (χ4v) is 5.35. The Morgan fingerprint density at radius 3 is 2.39 bits per heavy atom. The summed E-state index contributed by atoms with van der Waals surface area (Å²) in [5.74, 6) is -0.260. The Morgan fingerprint density at radius 1 is 1.22 bits per heavy atom. The topological polar surface area (TPSA) is 54.5 Å². The van der Waals surface area contributed by atoms with Crippen molar-refractivity contribution >= 4 is 15.7 Å².